The topological polar surface area (TPSA) is 29.5 Å². The predicted molar refractivity (Wildman–Crippen MR) is 71.8 cm³/mol. The Morgan fingerprint density at radius 3 is 2.41 bits per heavy atom. The van der Waals surface area contributed by atoms with Gasteiger partial charge < -0.3 is 9.84 Å². The average molecular weight is 293 g/mol. The van der Waals surface area contributed by atoms with Crippen molar-refractivity contribution in [3.05, 3.63) is 52.0 Å². The molecule has 2 nitrogen and oxygen atoms in total. The number of aryl methyl sites for hydroxylation is 2. The summed E-state index contributed by atoms with van der Waals surface area (Å²) < 4.78 is 6.80. The summed E-state index contributed by atoms with van der Waals surface area (Å²) in [6.07, 6.45) is 0. The highest BCUT2D eigenvalue weighted by atomic mass is 79.9. The number of ether oxygens (including phenoxy) is 1. The SMILES string of the molecule is Cc1cc(Oc2ccc(Br)cc2C)ccc1O. The van der Waals surface area contributed by atoms with Gasteiger partial charge in [-0.05, 0) is 61.4 Å². The summed E-state index contributed by atoms with van der Waals surface area (Å²) in [5.74, 6) is 1.83. The Morgan fingerprint density at radius 2 is 1.76 bits per heavy atom. The molecule has 1 N–H and O–H groups in total. The van der Waals surface area contributed by atoms with Crippen LogP contribution in [0.4, 0.5) is 0 Å². The van der Waals surface area contributed by atoms with Crippen molar-refractivity contribution in [2.24, 2.45) is 0 Å². The fraction of sp³-hybridized carbons (Fsp3) is 0.143. The van der Waals surface area contributed by atoms with E-state index < -0.39 is 0 Å². The summed E-state index contributed by atoms with van der Waals surface area (Å²) in [5, 5.41) is 9.44. The zero-order valence-corrected chi connectivity index (χ0v) is 11.3. The predicted octanol–water partition coefficient (Wildman–Crippen LogP) is 4.56. The molecule has 0 spiro atoms. The van der Waals surface area contributed by atoms with E-state index in [0.717, 1.165) is 27.1 Å². The first-order valence-electron chi connectivity index (χ1n) is 5.30. The molecule has 0 fully saturated rings. The first-order chi connectivity index (χ1) is 8.06. The van der Waals surface area contributed by atoms with Crippen molar-refractivity contribution >= 4 is 15.9 Å². The van der Waals surface area contributed by atoms with Gasteiger partial charge in [0.05, 0.1) is 0 Å². The van der Waals surface area contributed by atoms with Crippen molar-refractivity contribution in [2.75, 3.05) is 0 Å². The standard InChI is InChI=1S/C14H13BrO2/c1-9-8-12(4-5-13(9)16)17-14-6-3-11(15)7-10(14)2/h3-8,16H,1-2H3. The molecular weight excluding hydrogens is 280 g/mol. The lowest BCUT2D eigenvalue weighted by atomic mass is 10.2. The third-order valence-corrected chi connectivity index (χ3v) is 3.03. The molecule has 0 radical (unpaired) electrons. The van der Waals surface area contributed by atoms with Crippen LogP contribution in [-0.2, 0) is 0 Å². The number of aromatic hydroxyl groups is 1. The van der Waals surface area contributed by atoms with E-state index in [4.69, 9.17) is 4.74 Å². The summed E-state index contributed by atoms with van der Waals surface area (Å²) in [6, 6.07) is 11.1. The molecule has 88 valence electrons. The second-order valence-electron chi connectivity index (χ2n) is 3.96. The quantitative estimate of drug-likeness (QED) is 0.879. The van der Waals surface area contributed by atoms with Crippen molar-refractivity contribution in [3.8, 4) is 17.2 Å². The second-order valence-corrected chi connectivity index (χ2v) is 4.88. The first kappa shape index (κ1) is 12.0. The van der Waals surface area contributed by atoms with Gasteiger partial charge in [0.2, 0.25) is 0 Å². The number of phenols is 1. The fourth-order valence-electron chi connectivity index (χ4n) is 1.55. The molecule has 0 aliphatic rings. The van der Waals surface area contributed by atoms with Crippen molar-refractivity contribution in [1.82, 2.24) is 0 Å². The van der Waals surface area contributed by atoms with Crippen LogP contribution in [0.15, 0.2) is 40.9 Å². The maximum Gasteiger partial charge on any atom is 0.130 e. The molecule has 0 amide bonds. The minimum atomic E-state index is 0.282. The van der Waals surface area contributed by atoms with Crippen LogP contribution in [0.1, 0.15) is 11.1 Å². The average Bonchev–Trinajstić information content (AvgIpc) is 2.27. The lowest BCUT2D eigenvalue weighted by Crippen LogP contribution is -1.88. The monoisotopic (exact) mass is 292 g/mol. The minimum absolute atomic E-state index is 0.282. The van der Waals surface area contributed by atoms with E-state index in [1.807, 2.05) is 38.1 Å². The highest BCUT2D eigenvalue weighted by Gasteiger charge is 2.03. The second kappa shape index (κ2) is 4.80. The fourth-order valence-corrected chi connectivity index (χ4v) is 2.02. The zero-order valence-electron chi connectivity index (χ0n) is 9.70. The van der Waals surface area contributed by atoms with Crippen LogP contribution in [-0.4, -0.2) is 5.11 Å². The van der Waals surface area contributed by atoms with E-state index in [1.165, 1.54) is 0 Å². The molecule has 2 aromatic carbocycles. The van der Waals surface area contributed by atoms with E-state index >= 15 is 0 Å². The molecule has 17 heavy (non-hydrogen) atoms. The van der Waals surface area contributed by atoms with Gasteiger partial charge in [0.1, 0.15) is 17.2 Å². The molecule has 0 saturated heterocycles. The van der Waals surface area contributed by atoms with E-state index in [9.17, 15) is 5.11 Å². The van der Waals surface area contributed by atoms with Gasteiger partial charge in [-0.3, -0.25) is 0 Å². The summed E-state index contributed by atoms with van der Waals surface area (Å²) in [5.41, 5.74) is 1.86. The van der Waals surface area contributed by atoms with Crippen LogP contribution in [0.25, 0.3) is 0 Å². The van der Waals surface area contributed by atoms with Crippen LogP contribution < -0.4 is 4.74 Å². The van der Waals surface area contributed by atoms with E-state index in [0.29, 0.717) is 0 Å². The summed E-state index contributed by atoms with van der Waals surface area (Å²) in [4.78, 5) is 0. The van der Waals surface area contributed by atoms with Crippen LogP contribution >= 0.6 is 15.9 Å². The third kappa shape index (κ3) is 2.80. The first-order valence-corrected chi connectivity index (χ1v) is 6.09. The zero-order chi connectivity index (χ0) is 12.4. The van der Waals surface area contributed by atoms with Gasteiger partial charge in [-0.1, -0.05) is 15.9 Å². The molecule has 2 rings (SSSR count). The number of benzene rings is 2. The Labute approximate surface area is 109 Å². The molecule has 0 unspecified atom stereocenters. The number of hydrogen-bond donors (Lipinski definition) is 1. The Balaban J connectivity index is 2.28. The van der Waals surface area contributed by atoms with Gasteiger partial charge in [-0.25, -0.2) is 0 Å². The van der Waals surface area contributed by atoms with Gasteiger partial charge in [0.15, 0.2) is 0 Å². The van der Waals surface area contributed by atoms with Crippen molar-refractivity contribution in [3.63, 3.8) is 0 Å². The number of halogens is 1. The maximum atomic E-state index is 9.44. The van der Waals surface area contributed by atoms with Crippen molar-refractivity contribution in [1.29, 1.82) is 0 Å². The van der Waals surface area contributed by atoms with E-state index in [-0.39, 0.29) is 5.75 Å². The van der Waals surface area contributed by atoms with Crippen LogP contribution in [0.5, 0.6) is 17.2 Å². The summed E-state index contributed by atoms with van der Waals surface area (Å²) in [7, 11) is 0. The summed E-state index contributed by atoms with van der Waals surface area (Å²) in [6.45, 7) is 3.84. The molecule has 0 aromatic heterocycles. The molecule has 0 aliphatic carbocycles. The maximum absolute atomic E-state index is 9.44. The molecule has 2 aromatic rings. The normalized spacial score (nSPS) is 10.3. The lowest BCUT2D eigenvalue weighted by molar-refractivity contribution is 0.459. The van der Waals surface area contributed by atoms with Crippen LogP contribution in [0.2, 0.25) is 0 Å². The highest BCUT2D eigenvalue weighted by molar-refractivity contribution is 9.10. The van der Waals surface area contributed by atoms with Gasteiger partial charge >= 0.3 is 0 Å². The van der Waals surface area contributed by atoms with Crippen molar-refractivity contribution < 1.29 is 9.84 Å². The number of hydrogen-bond acceptors (Lipinski definition) is 2. The number of phenolic OH excluding ortho intramolecular Hbond substituents is 1. The van der Waals surface area contributed by atoms with Crippen LogP contribution in [0, 0.1) is 13.8 Å². The van der Waals surface area contributed by atoms with E-state index in [1.54, 1.807) is 12.1 Å². The lowest BCUT2D eigenvalue weighted by Gasteiger charge is -2.10. The molecule has 0 bridgehead atoms. The Morgan fingerprint density at radius 1 is 1.00 bits per heavy atom. The smallest absolute Gasteiger partial charge is 0.130 e. The van der Waals surface area contributed by atoms with Gasteiger partial charge in [0, 0.05) is 4.47 Å². The van der Waals surface area contributed by atoms with Crippen LogP contribution in [0.3, 0.4) is 0 Å². The Kier molecular flexibility index (Phi) is 3.38. The largest absolute Gasteiger partial charge is 0.508 e. The van der Waals surface area contributed by atoms with Gasteiger partial charge in [0.25, 0.3) is 0 Å². The Hall–Kier alpha value is -1.48. The number of rotatable bonds is 2. The molecular formula is C14H13BrO2. The molecule has 0 saturated carbocycles. The highest BCUT2D eigenvalue weighted by Crippen LogP contribution is 2.29. The molecule has 0 aliphatic heterocycles. The molecule has 3 heteroatoms. The Bertz CT molecular complexity index is 550. The van der Waals surface area contributed by atoms with Gasteiger partial charge in [-0.15, -0.1) is 0 Å². The van der Waals surface area contributed by atoms with Crippen molar-refractivity contribution in [2.45, 2.75) is 13.8 Å². The van der Waals surface area contributed by atoms with Gasteiger partial charge in [-0.2, -0.15) is 0 Å². The molecule has 0 atom stereocenters. The summed E-state index contributed by atoms with van der Waals surface area (Å²) >= 11 is 3.41. The minimum Gasteiger partial charge on any atom is -0.508 e. The third-order valence-electron chi connectivity index (χ3n) is 2.53. The molecule has 0 heterocycles. The van der Waals surface area contributed by atoms with E-state index in [2.05, 4.69) is 15.9 Å².